The van der Waals surface area contributed by atoms with Crippen molar-refractivity contribution in [3.8, 4) is 0 Å². The van der Waals surface area contributed by atoms with Crippen molar-refractivity contribution in [2.45, 2.75) is 37.3 Å². The second kappa shape index (κ2) is 9.01. The molecule has 2 N–H and O–H groups in total. The van der Waals surface area contributed by atoms with E-state index in [2.05, 4.69) is 20.0 Å². The van der Waals surface area contributed by atoms with Gasteiger partial charge in [0.1, 0.15) is 4.83 Å². The molecule has 1 aliphatic rings. The maximum atomic E-state index is 12.6. The zero-order valence-electron chi connectivity index (χ0n) is 16.4. The van der Waals surface area contributed by atoms with E-state index in [0.717, 1.165) is 29.5 Å². The zero-order valence-corrected chi connectivity index (χ0v) is 18.1. The molecule has 0 aliphatic heterocycles. The average molecular weight is 444 g/mol. The van der Waals surface area contributed by atoms with Crippen LogP contribution < -0.4 is 10.9 Å². The van der Waals surface area contributed by atoms with E-state index in [1.165, 1.54) is 35.7 Å². The van der Waals surface area contributed by atoms with Crippen LogP contribution in [0.3, 0.4) is 0 Å². The standard InChI is InChI=1S/C21H21N3O4S2/c1-28-20(27)12-6-8-13(9-7-12)22-16(25)10-11-29-21-23-18(26)17-14-4-2-3-5-15(14)30-19(17)24-21/h6-9H,2-5,10-11H2,1H3,(H,22,25)(H,23,24,26). The van der Waals surface area contributed by atoms with Crippen molar-refractivity contribution >= 4 is 50.9 Å². The number of thiophene rings is 1. The number of fused-ring (bicyclic) bond motifs is 3. The second-order valence-electron chi connectivity index (χ2n) is 6.98. The molecular formula is C21H21N3O4S2. The molecule has 3 aromatic rings. The summed E-state index contributed by atoms with van der Waals surface area (Å²) in [5, 5.41) is 4.08. The topological polar surface area (TPSA) is 101 Å². The zero-order chi connectivity index (χ0) is 21.1. The van der Waals surface area contributed by atoms with Gasteiger partial charge in [0.25, 0.3) is 5.56 Å². The van der Waals surface area contributed by atoms with E-state index in [-0.39, 0.29) is 17.9 Å². The van der Waals surface area contributed by atoms with Gasteiger partial charge in [-0.1, -0.05) is 11.8 Å². The Morgan fingerprint density at radius 2 is 2.00 bits per heavy atom. The van der Waals surface area contributed by atoms with Gasteiger partial charge in [-0.3, -0.25) is 9.59 Å². The molecule has 9 heteroatoms. The van der Waals surface area contributed by atoms with Crippen molar-refractivity contribution in [2.75, 3.05) is 18.2 Å². The number of aromatic amines is 1. The van der Waals surface area contributed by atoms with Crippen LogP contribution in [0.25, 0.3) is 10.2 Å². The fourth-order valence-corrected chi connectivity index (χ4v) is 5.61. The number of amides is 1. The van der Waals surface area contributed by atoms with E-state index in [1.54, 1.807) is 35.6 Å². The highest BCUT2D eigenvalue weighted by Gasteiger charge is 2.19. The van der Waals surface area contributed by atoms with Crippen molar-refractivity contribution in [2.24, 2.45) is 0 Å². The Kier molecular flexibility index (Phi) is 6.19. The number of rotatable bonds is 6. The highest BCUT2D eigenvalue weighted by Crippen LogP contribution is 2.34. The quantitative estimate of drug-likeness (QED) is 0.342. The molecule has 1 aromatic carbocycles. The first kappa shape index (κ1) is 20.6. The van der Waals surface area contributed by atoms with Gasteiger partial charge in [0.15, 0.2) is 5.16 Å². The van der Waals surface area contributed by atoms with Gasteiger partial charge in [0, 0.05) is 22.7 Å². The monoisotopic (exact) mass is 443 g/mol. The Bertz CT molecular complexity index is 1150. The summed E-state index contributed by atoms with van der Waals surface area (Å²) in [4.78, 5) is 45.7. The second-order valence-corrected chi connectivity index (χ2v) is 9.14. The first-order valence-corrected chi connectivity index (χ1v) is 11.5. The fourth-order valence-electron chi connectivity index (χ4n) is 3.48. The normalized spacial score (nSPS) is 13.1. The van der Waals surface area contributed by atoms with Gasteiger partial charge in [0.2, 0.25) is 5.91 Å². The van der Waals surface area contributed by atoms with Gasteiger partial charge in [0.05, 0.1) is 18.1 Å². The lowest BCUT2D eigenvalue weighted by Gasteiger charge is -2.09. The highest BCUT2D eigenvalue weighted by molar-refractivity contribution is 7.99. The van der Waals surface area contributed by atoms with Crippen LogP contribution >= 0.6 is 23.1 Å². The summed E-state index contributed by atoms with van der Waals surface area (Å²) in [5.74, 6) is -0.0799. The first-order valence-electron chi connectivity index (χ1n) is 9.71. The minimum atomic E-state index is -0.422. The Morgan fingerprint density at radius 3 is 2.77 bits per heavy atom. The number of H-pyrrole nitrogens is 1. The van der Waals surface area contributed by atoms with Crippen LogP contribution in [-0.4, -0.2) is 34.7 Å². The molecule has 1 aliphatic carbocycles. The maximum Gasteiger partial charge on any atom is 0.337 e. The average Bonchev–Trinajstić information content (AvgIpc) is 3.12. The lowest BCUT2D eigenvalue weighted by molar-refractivity contribution is -0.115. The Balaban J connectivity index is 1.35. The predicted molar refractivity (Wildman–Crippen MR) is 119 cm³/mol. The smallest absolute Gasteiger partial charge is 0.337 e. The molecule has 0 radical (unpaired) electrons. The third kappa shape index (κ3) is 4.41. The van der Waals surface area contributed by atoms with E-state index >= 15 is 0 Å². The molecule has 0 unspecified atom stereocenters. The molecule has 2 aromatic heterocycles. The van der Waals surface area contributed by atoms with Crippen molar-refractivity contribution < 1.29 is 14.3 Å². The molecular weight excluding hydrogens is 422 g/mol. The fraction of sp³-hybridized carbons (Fsp3) is 0.333. The Morgan fingerprint density at radius 1 is 1.23 bits per heavy atom. The SMILES string of the molecule is COC(=O)c1ccc(NC(=O)CCSc2nc3sc4c(c3c(=O)[nH]2)CCCC4)cc1. The lowest BCUT2D eigenvalue weighted by Crippen LogP contribution is -2.13. The van der Waals surface area contributed by atoms with Gasteiger partial charge in [-0.25, -0.2) is 9.78 Å². The van der Waals surface area contributed by atoms with Crippen LogP contribution in [0.5, 0.6) is 0 Å². The molecule has 0 saturated carbocycles. The molecule has 30 heavy (non-hydrogen) atoms. The van der Waals surface area contributed by atoms with E-state index in [4.69, 9.17) is 0 Å². The number of hydrogen-bond donors (Lipinski definition) is 2. The molecule has 4 rings (SSSR count). The van der Waals surface area contributed by atoms with Crippen molar-refractivity contribution in [3.05, 3.63) is 50.6 Å². The summed E-state index contributed by atoms with van der Waals surface area (Å²) in [6, 6.07) is 6.51. The summed E-state index contributed by atoms with van der Waals surface area (Å²) >= 11 is 2.98. The van der Waals surface area contributed by atoms with E-state index in [1.807, 2.05) is 0 Å². The number of aromatic nitrogens is 2. The van der Waals surface area contributed by atoms with Crippen molar-refractivity contribution in [3.63, 3.8) is 0 Å². The third-order valence-corrected chi connectivity index (χ3v) is 7.02. The first-order chi connectivity index (χ1) is 14.5. The van der Waals surface area contributed by atoms with Gasteiger partial charge >= 0.3 is 5.97 Å². The number of methoxy groups -OCH3 is 1. The molecule has 0 fully saturated rings. The van der Waals surface area contributed by atoms with Crippen LogP contribution in [0.1, 0.15) is 40.1 Å². The summed E-state index contributed by atoms with van der Waals surface area (Å²) < 4.78 is 4.65. The number of thioether (sulfide) groups is 1. The molecule has 0 spiro atoms. The number of carbonyl (C=O) groups excluding carboxylic acids is 2. The van der Waals surface area contributed by atoms with Crippen LogP contribution in [0, 0.1) is 0 Å². The van der Waals surface area contributed by atoms with E-state index in [9.17, 15) is 14.4 Å². The van der Waals surface area contributed by atoms with Crippen molar-refractivity contribution in [1.82, 2.24) is 9.97 Å². The molecule has 7 nitrogen and oxygen atoms in total. The summed E-state index contributed by atoms with van der Waals surface area (Å²) in [5.41, 5.74) is 2.11. The molecule has 156 valence electrons. The number of anilines is 1. The number of aryl methyl sites for hydroxylation is 2. The van der Waals surface area contributed by atoms with Gasteiger partial charge in [-0.05, 0) is 55.5 Å². The molecule has 0 saturated heterocycles. The number of carbonyl (C=O) groups is 2. The maximum absolute atomic E-state index is 12.6. The number of hydrogen-bond acceptors (Lipinski definition) is 7. The van der Waals surface area contributed by atoms with E-state index in [0.29, 0.717) is 22.2 Å². The molecule has 0 bridgehead atoms. The summed E-state index contributed by atoms with van der Waals surface area (Å²) in [6.45, 7) is 0. The Labute approximate surface area is 181 Å². The van der Waals surface area contributed by atoms with Crippen LogP contribution in [-0.2, 0) is 22.4 Å². The minimum Gasteiger partial charge on any atom is -0.465 e. The van der Waals surface area contributed by atoms with Gasteiger partial charge in [-0.2, -0.15) is 0 Å². The molecule has 0 atom stereocenters. The largest absolute Gasteiger partial charge is 0.465 e. The summed E-state index contributed by atoms with van der Waals surface area (Å²) in [6.07, 6.45) is 4.54. The van der Waals surface area contributed by atoms with E-state index < -0.39 is 5.97 Å². The number of esters is 1. The number of benzene rings is 1. The predicted octanol–water partition coefficient (Wildman–Crippen LogP) is 3.77. The summed E-state index contributed by atoms with van der Waals surface area (Å²) in [7, 11) is 1.32. The van der Waals surface area contributed by atoms with Crippen LogP contribution in [0.4, 0.5) is 5.69 Å². The van der Waals surface area contributed by atoms with Crippen molar-refractivity contribution in [1.29, 1.82) is 0 Å². The highest BCUT2D eigenvalue weighted by atomic mass is 32.2. The molecule has 1 amide bonds. The lowest BCUT2D eigenvalue weighted by atomic mass is 9.97. The minimum absolute atomic E-state index is 0.0861. The van der Waals surface area contributed by atoms with Gasteiger partial charge in [-0.15, -0.1) is 11.3 Å². The Hall–Kier alpha value is -2.65. The van der Waals surface area contributed by atoms with Crippen LogP contribution in [0.2, 0.25) is 0 Å². The van der Waals surface area contributed by atoms with Gasteiger partial charge < -0.3 is 15.0 Å². The number of nitrogens with zero attached hydrogens (tertiary/aromatic N) is 1. The van der Waals surface area contributed by atoms with Crippen LogP contribution in [0.15, 0.2) is 34.2 Å². The number of ether oxygens (including phenoxy) is 1. The molecule has 2 heterocycles. The number of nitrogens with one attached hydrogen (secondary N) is 2. The third-order valence-electron chi connectivity index (χ3n) is 4.96.